The van der Waals surface area contributed by atoms with Crippen molar-refractivity contribution in [1.82, 2.24) is 5.32 Å². The lowest BCUT2D eigenvalue weighted by molar-refractivity contribution is 0.114. The summed E-state index contributed by atoms with van der Waals surface area (Å²) < 4.78 is 0. The van der Waals surface area contributed by atoms with Gasteiger partial charge >= 0.3 is 0 Å². The largest absolute Gasteiger partial charge is 0.393 e. The van der Waals surface area contributed by atoms with Crippen LogP contribution in [0.4, 0.5) is 0 Å². The quantitative estimate of drug-likeness (QED) is 0.751. The SMILES string of the molecule is CCC1CCC(NC2CCC(O)CC2)C1. The average Bonchev–Trinajstić information content (AvgIpc) is 2.69. The van der Waals surface area contributed by atoms with Gasteiger partial charge in [-0.1, -0.05) is 13.3 Å². The van der Waals surface area contributed by atoms with Crippen LogP contribution in [0.15, 0.2) is 0 Å². The molecule has 2 unspecified atom stereocenters. The molecule has 0 radical (unpaired) electrons. The first kappa shape index (κ1) is 11.4. The third-order valence-corrected chi connectivity index (χ3v) is 4.29. The maximum Gasteiger partial charge on any atom is 0.0541 e. The highest BCUT2D eigenvalue weighted by atomic mass is 16.3. The molecule has 2 aliphatic carbocycles. The zero-order chi connectivity index (χ0) is 10.7. The van der Waals surface area contributed by atoms with Crippen molar-refractivity contribution >= 4 is 0 Å². The molecule has 0 aromatic rings. The molecule has 2 aliphatic rings. The summed E-state index contributed by atoms with van der Waals surface area (Å²) in [6.07, 6.45) is 9.86. The molecule has 2 nitrogen and oxygen atoms in total. The normalized spacial score (nSPS) is 42.0. The average molecular weight is 211 g/mol. The summed E-state index contributed by atoms with van der Waals surface area (Å²) in [5.41, 5.74) is 0. The van der Waals surface area contributed by atoms with Gasteiger partial charge in [-0.15, -0.1) is 0 Å². The van der Waals surface area contributed by atoms with Gasteiger partial charge in [-0.25, -0.2) is 0 Å². The number of hydrogen-bond acceptors (Lipinski definition) is 2. The van der Waals surface area contributed by atoms with Gasteiger partial charge in [0, 0.05) is 12.1 Å². The number of aliphatic hydroxyl groups is 1. The zero-order valence-electron chi connectivity index (χ0n) is 9.91. The predicted octanol–water partition coefficient (Wildman–Crippen LogP) is 2.46. The van der Waals surface area contributed by atoms with Crippen molar-refractivity contribution < 1.29 is 5.11 Å². The molecule has 2 N–H and O–H groups in total. The van der Waals surface area contributed by atoms with Crippen molar-refractivity contribution in [2.24, 2.45) is 5.92 Å². The van der Waals surface area contributed by atoms with Crippen LogP contribution in [0.2, 0.25) is 0 Å². The Hall–Kier alpha value is -0.0800. The van der Waals surface area contributed by atoms with Gasteiger partial charge < -0.3 is 10.4 Å². The molecule has 0 aliphatic heterocycles. The van der Waals surface area contributed by atoms with E-state index in [1.807, 2.05) is 0 Å². The van der Waals surface area contributed by atoms with Gasteiger partial charge in [-0.05, 0) is 50.9 Å². The minimum Gasteiger partial charge on any atom is -0.393 e. The van der Waals surface area contributed by atoms with Crippen molar-refractivity contribution in [3.63, 3.8) is 0 Å². The molecule has 2 rings (SSSR count). The molecule has 0 spiro atoms. The van der Waals surface area contributed by atoms with E-state index in [4.69, 9.17) is 0 Å². The zero-order valence-corrected chi connectivity index (χ0v) is 9.91. The second-order valence-corrected chi connectivity index (χ2v) is 5.46. The Morgan fingerprint density at radius 2 is 1.67 bits per heavy atom. The first-order chi connectivity index (χ1) is 7.28. The van der Waals surface area contributed by atoms with Crippen LogP contribution in [0, 0.1) is 5.92 Å². The number of aliphatic hydroxyl groups excluding tert-OH is 1. The fourth-order valence-corrected chi connectivity index (χ4v) is 3.17. The highest BCUT2D eigenvalue weighted by molar-refractivity contribution is 4.85. The highest BCUT2D eigenvalue weighted by Gasteiger charge is 2.27. The Morgan fingerprint density at radius 1 is 1.00 bits per heavy atom. The Morgan fingerprint density at radius 3 is 2.27 bits per heavy atom. The van der Waals surface area contributed by atoms with Crippen molar-refractivity contribution in [3.05, 3.63) is 0 Å². The standard InChI is InChI=1S/C13H25NO/c1-2-10-3-4-12(9-10)14-11-5-7-13(15)8-6-11/h10-15H,2-9H2,1H3. The summed E-state index contributed by atoms with van der Waals surface area (Å²) >= 11 is 0. The molecule has 0 bridgehead atoms. The Bertz CT molecular complexity index is 187. The number of rotatable bonds is 3. The molecule has 0 aromatic carbocycles. The molecule has 0 saturated heterocycles. The van der Waals surface area contributed by atoms with Crippen LogP contribution in [-0.4, -0.2) is 23.3 Å². The molecule has 88 valence electrons. The van der Waals surface area contributed by atoms with E-state index in [0.29, 0.717) is 6.04 Å². The first-order valence-electron chi connectivity index (χ1n) is 6.72. The van der Waals surface area contributed by atoms with Gasteiger partial charge in [-0.3, -0.25) is 0 Å². The Labute approximate surface area is 93.5 Å². The maximum atomic E-state index is 9.44. The summed E-state index contributed by atoms with van der Waals surface area (Å²) in [5.74, 6) is 0.969. The highest BCUT2D eigenvalue weighted by Crippen LogP contribution is 2.29. The van der Waals surface area contributed by atoms with E-state index in [0.717, 1.165) is 24.8 Å². The second-order valence-electron chi connectivity index (χ2n) is 5.46. The van der Waals surface area contributed by atoms with E-state index in [-0.39, 0.29) is 6.10 Å². The van der Waals surface area contributed by atoms with Crippen molar-refractivity contribution in [2.45, 2.75) is 76.5 Å². The summed E-state index contributed by atoms with van der Waals surface area (Å²) in [4.78, 5) is 0. The van der Waals surface area contributed by atoms with E-state index < -0.39 is 0 Å². The van der Waals surface area contributed by atoms with Crippen LogP contribution >= 0.6 is 0 Å². The van der Waals surface area contributed by atoms with E-state index in [1.165, 1.54) is 38.5 Å². The van der Waals surface area contributed by atoms with Crippen molar-refractivity contribution in [2.75, 3.05) is 0 Å². The molecule has 15 heavy (non-hydrogen) atoms. The minimum atomic E-state index is -0.0185. The van der Waals surface area contributed by atoms with Gasteiger partial charge in [0.15, 0.2) is 0 Å². The summed E-state index contributed by atoms with van der Waals surface area (Å²) in [7, 11) is 0. The molecule has 2 fully saturated rings. The van der Waals surface area contributed by atoms with Crippen LogP contribution in [0.3, 0.4) is 0 Å². The van der Waals surface area contributed by atoms with E-state index in [9.17, 15) is 5.11 Å². The van der Waals surface area contributed by atoms with Gasteiger partial charge in [0.25, 0.3) is 0 Å². The lowest BCUT2D eigenvalue weighted by Gasteiger charge is -2.29. The molecular formula is C13H25NO. The van der Waals surface area contributed by atoms with Gasteiger partial charge in [0.05, 0.1) is 6.10 Å². The molecule has 0 aromatic heterocycles. The number of hydrogen-bond donors (Lipinski definition) is 2. The number of nitrogens with one attached hydrogen (secondary N) is 1. The molecule has 0 amide bonds. The smallest absolute Gasteiger partial charge is 0.0541 e. The Kier molecular flexibility index (Phi) is 4.04. The summed E-state index contributed by atoms with van der Waals surface area (Å²) in [6.45, 7) is 2.31. The second kappa shape index (κ2) is 5.31. The molecule has 2 heteroatoms. The fourth-order valence-electron chi connectivity index (χ4n) is 3.17. The van der Waals surface area contributed by atoms with Crippen LogP contribution in [-0.2, 0) is 0 Å². The lowest BCUT2D eigenvalue weighted by Crippen LogP contribution is -2.40. The van der Waals surface area contributed by atoms with Gasteiger partial charge in [0.1, 0.15) is 0 Å². The van der Waals surface area contributed by atoms with Crippen LogP contribution in [0.25, 0.3) is 0 Å². The topological polar surface area (TPSA) is 32.3 Å². The van der Waals surface area contributed by atoms with Gasteiger partial charge in [-0.2, -0.15) is 0 Å². The molecule has 0 heterocycles. The maximum absolute atomic E-state index is 9.44. The van der Waals surface area contributed by atoms with E-state index in [2.05, 4.69) is 12.2 Å². The predicted molar refractivity (Wildman–Crippen MR) is 62.8 cm³/mol. The Balaban J connectivity index is 1.69. The third kappa shape index (κ3) is 3.18. The fraction of sp³-hybridized carbons (Fsp3) is 1.00. The van der Waals surface area contributed by atoms with E-state index >= 15 is 0 Å². The van der Waals surface area contributed by atoms with E-state index in [1.54, 1.807) is 0 Å². The molecule has 2 atom stereocenters. The van der Waals surface area contributed by atoms with Crippen LogP contribution < -0.4 is 5.32 Å². The monoisotopic (exact) mass is 211 g/mol. The van der Waals surface area contributed by atoms with Crippen LogP contribution in [0.1, 0.15) is 58.3 Å². The lowest BCUT2D eigenvalue weighted by atomic mass is 9.92. The minimum absolute atomic E-state index is 0.0185. The molecular weight excluding hydrogens is 186 g/mol. The van der Waals surface area contributed by atoms with Crippen LogP contribution in [0.5, 0.6) is 0 Å². The summed E-state index contributed by atoms with van der Waals surface area (Å²) in [6, 6.07) is 1.46. The first-order valence-corrected chi connectivity index (χ1v) is 6.72. The van der Waals surface area contributed by atoms with Crippen molar-refractivity contribution in [3.8, 4) is 0 Å². The summed E-state index contributed by atoms with van der Waals surface area (Å²) in [5, 5.41) is 13.2. The van der Waals surface area contributed by atoms with Gasteiger partial charge in [0.2, 0.25) is 0 Å². The third-order valence-electron chi connectivity index (χ3n) is 4.29. The molecule has 2 saturated carbocycles. The van der Waals surface area contributed by atoms with Crippen molar-refractivity contribution in [1.29, 1.82) is 0 Å².